The Bertz CT molecular complexity index is 366. The molecule has 74 valence electrons. The summed E-state index contributed by atoms with van der Waals surface area (Å²) in [5.74, 6) is 0.744. The Morgan fingerprint density at radius 3 is 2.93 bits per heavy atom. The molecule has 1 unspecified atom stereocenters. The van der Waals surface area contributed by atoms with Crippen LogP contribution in [0.25, 0.3) is 0 Å². The normalized spacial score (nSPS) is 16.4. The van der Waals surface area contributed by atoms with Gasteiger partial charge in [-0.1, -0.05) is 25.1 Å². The Morgan fingerprint density at radius 1 is 1.43 bits per heavy atom. The van der Waals surface area contributed by atoms with Gasteiger partial charge in [-0.05, 0) is 30.4 Å². The molecule has 0 bridgehead atoms. The highest BCUT2D eigenvalue weighted by Gasteiger charge is 2.18. The number of phenols is 1. The molecule has 0 fully saturated rings. The highest BCUT2D eigenvalue weighted by molar-refractivity contribution is 5.49. The van der Waals surface area contributed by atoms with Gasteiger partial charge in [0.1, 0.15) is 5.75 Å². The molecule has 0 radical (unpaired) electrons. The molecule has 1 nitrogen and oxygen atoms in total. The third-order valence-corrected chi connectivity index (χ3v) is 3.13. The van der Waals surface area contributed by atoms with Crippen molar-refractivity contribution in [3.63, 3.8) is 0 Å². The predicted molar refractivity (Wildman–Crippen MR) is 58.7 cm³/mol. The van der Waals surface area contributed by atoms with Crippen LogP contribution in [-0.2, 0) is 12.8 Å². The SMILES string of the molecule is C=CC(C)c1ccc2c(c1O)CCC2. The lowest BCUT2D eigenvalue weighted by Crippen LogP contribution is -1.93. The zero-order chi connectivity index (χ0) is 10.1. The summed E-state index contributed by atoms with van der Waals surface area (Å²) in [5, 5.41) is 10.1. The Labute approximate surface area is 85.1 Å². The van der Waals surface area contributed by atoms with Crippen LogP contribution in [0.1, 0.15) is 36.0 Å². The zero-order valence-electron chi connectivity index (χ0n) is 8.59. The second kappa shape index (κ2) is 3.49. The molecule has 0 heterocycles. The maximum atomic E-state index is 10.1. The fourth-order valence-electron chi connectivity index (χ4n) is 2.16. The van der Waals surface area contributed by atoms with Crippen molar-refractivity contribution in [2.24, 2.45) is 0 Å². The monoisotopic (exact) mass is 188 g/mol. The fourth-order valence-corrected chi connectivity index (χ4v) is 2.16. The van der Waals surface area contributed by atoms with Crippen molar-refractivity contribution >= 4 is 0 Å². The van der Waals surface area contributed by atoms with Crippen LogP contribution >= 0.6 is 0 Å². The molecule has 0 aliphatic heterocycles. The van der Waals surface area contributed by atoms with E-state index < -0.39 is 0 Å². The Hall–Kier alpha value is -1.24. The van der Waals surface area contributed by atoms with Crippen LogP contribution in [-0.4, -0.2) is 5.11 Å². The first-order valence-electron chi connectivity index (χ1n) is 5.20. The molecule has 0 saturated carbocycles. The van der Waals surface area contributed by atoms with Gasteiger partial charge in [-0.15, -0.1) is 6.58 Å². The van der Waals surface area contributed by atoms with Crippen LogP contribution in [0.15, 0.2) is 24.8 Å². The number of hydrogen-bond acceptors (Lipinski definition) is 1. The Morgan fingerprint density at radius 2 is 2.21 bits per heavy atom. The summed E-state index contributed by atoms with van der Waals surface area (Å²) in [6, 6.07) is 4.18. The minimum absolute atomic E-state index is 0.237. The molecule has 1 N–H and O–H groups in total. The molecular weight excluding hydrogens is 172 g/mol. The molecule has 0 spiro atoms. The smallest absolute Gasteiger partial charge is 0.122 e. The number of aryl methyl sites for hydroxylation is 1. The van der Waals surface area contributed by atoms with Gasteiger partial charge in [-0.25, -0.2) is 0 Å². The van der Waals surface area contributed by atoms with E-state index in [1.807, 2.05) is 12.1 Å². The van der Waals surface area contributed by atoms with Crippen molar-refractivity contribution in [2.75, 3.05) is 0 Å². The molecule has 1 atom stereocenters. The van der Waals surface area contributed by atoms with Gasteiger partial charge in [0, 0.05) is 11.5 Å². The Balaban J connectivity index is 2.49. The van der Waals surface area contributed by atoms with Crippen molar-refractivity contribution < 1.29 is 5.11 Å². The summed E-state index contributed by atoms with van der Waals surface area (Å²) in [7, 11) is 0. The molecule has 1 heteroatoms. The maximum absolute atomic E-state index is 10.1. The van der Waals surface area contributed by atoms with Gasteiger partial charge in [0.2, 0.25) is 0 Å². The molecule has 1 aromatic carbocycles. The van der Waals surface area contributed by atoms with Gasteiger partial charge in [-0.3, -0.25) is 0 Å². The summed E-state index contributed by atoms with van der Waals surface area (Å²) in [6.07, 6.45) is 5.19. The van der Waals surface area contributed by atoms with Crippen molar-refractivity contribution in [1.82, 2.24) is 0 Å². The molecule has 1 aliphatic carbocycles. The highest BCUT2D eigenvalue weighted by Crippen LogP contribution is 2.36. The molecule has 14 heavy (non-hydrogen) atoms. The molecular formula is C13H16O. The number of benzene rings is 1. The molecule has 1 aromatic rings. The standard InChI is InChI=1S/C13H16O/c1-3-9(2)11-8-7-10-5-4-6-12(10)13(11)14/h3,7-9,14H,1,4-6H2,2H3. The second-order valence-corrected chi connectivity index (χ2v) is 4.02. The quantitative estimate of drug-likeness (QED) is 0.707. The first kappa shape index (κ1) is 9.32. The van der Waals surface area contributed by atoms with Crippen LogP contribution in [0, 0.1) is 0 Å². The van der Waals surface area contributed by atoms with E-state index in [0.29, 0.717) is 5.75 Å². The number of hydrogen-bond donors (Lipinski definition) is 1. The van der Waals surface area contributed by atoms with Gasteiger partial charge >= 0.3 is 0 Å². The third kappa shape index (κ3) is 1.33. The topological polar surface area (TPSA) is 20.2 Å². The van der Waals surface area contributed by atoms with Gasteiger partial charge in [-0.2, -0.15) is 0 Å². The van der Waals surface area contributed by atoms with Crippen molar-refractivity contribution in [3.05, 3.63) is 41.5 Å². The van der Waals surface area contributed by atoms with Crippen molar-refractivity contribution in [1.29, 1.82) is 0 Å². The number of fused-ring (bicyclic) bond motifs is 1. The summed E-state index contributed by atoms with van der Waals surface area (Å²) in [5.41, 5.74) is 3.50. The second-order valence-electron chi connectivity index (χ2n) is 4.02. The number of phenolic OH excluding ortho intramolecular Hbond substituents is 1. The van der Waals surface area contributed by atoms with E-state index in [2.05, 4.69) is 19.6 Å². The molecule has 1 aliphatic rings. The van der Waals surface area contributed by atoms with Gasteiger partial charge < -0.3 is 5.11 Å². The van der Waals surface area contributed by atoms with E-state index in [1.165, 1.54) is 12.0 Å². The maximum Gasteiger partial charge on any atom is 0.122 e. The van der Waals surface area contributed by atoms with E-state index in [1.54, 1.807) is 0 Å². The minimum atomic E-state index is 0.237. The first-order valence-corrected chi connectivity index (χ1v) is 5.20. The minimum Gasteiger partial charge on any atom is -0.507 e. The van der Waals surface area contributed by atoms with E-state index >= 15 is 0 Å². The molecule has 2 rings (SSSR count). The molecule has 0 saturated heterocycles. The lowest BCUT2D eigenvalue weighted by Gasteiger charge is -2.12. The van der Waals surface area contributed by atoms with E-state index in [-0.39, 0.29) is 5.92 Å². The van der Waals surface area contributed by atoms with E-state index in [9.17, 15) is 5.11 Å². The van der Waals surface area contributed by atoms with Crippen LogP contribution in [0.2, 0.25) is 0 Å². The lowest BCUT2D eigenvalue weighted by atomic mass is 9.95. The van der Waals surface area contributed by atoms with E-state index in [0.717, 1.165) is 24.0 Å². The zero-order valence-corrected chi connectivity index (χ0v) is 8.59. The predicted octanol–water partition coefficient (Wildman–Crippen LogP) is 3.17. The summed E-state index contributed by atoms with van der Waals surface area (Å²) in [4.78, 5) is 0. The summed E-state index contributed by atoms with van der Waals surface area (Å²) in [6.45, 7) is 5.82. The van der Waals surface area contributed by atoms with Crippen LogP contribution in [0.4, 0.5) is 0 Å². The fraction of sp³-hybridized carbons (Fsp3) is 0.385. The van der Waals surface area contributed by atoms with Crippen LogP contribution < -0.4 is 0 Å². The molecule has 0 aromatic heterocycles. The Kier molecular flexibility index (Phi) is 2.32. The van der Waals surface area contributed by atoms with Crippen LogP contribution in [0.5, 0.6) is 5.75 Å². The number of aromatic hydroxyl groups is 1. The van der Waals surface area contributed by atoms with Crippen molar-refractivity contribution in [3.8, 4) is 5.75 Å². The van der Waals surface area contributed by atoms with Crippen LogP contribution in [0.3, 0.4) is 0 Å². The van der Waals surface area contributed by atoms with Gasteiger partial charge in [0.15, 0.2) is 0 Å². The average Bonchev–Trinajstić information content (AvgIpc) is 2.66. The van der Waals surface area contributed by atoms with Crippen molar-refractivity contribution in [2.45, 2.75) is 32.1 Å². The van der Waals surface area contributed by atoms with Gasteiger partial charge in [0.25, 0.3) is 0 Å². The third-order valence-electron chi connectivity index (χ3n) is 3.13. The summed E-state index contributed by atoms with van der Waals surface area (Å²) < 4.78 is 0. The van der Waals surface area contributed by atoms with Gasteiger partial charge in [0.05, 0.1) is 0 Å². The van der Waals surface area contributed by atoms with E-state index in [4.69, 9.17) is 0 Å². The summed E-state index contributed by atoms with van der Waals surface area (Å²) >= 11 is 0. The molecule has 0 amide bonds. The number of allylic oxidation sites excluding steroid dienone is 1. The first-order chi connectivity index (χ1) is 6.74. The largest absolute Gasteiger partial charge is 0.507 e. The average molecular weight is 188 g/mol. The highest BCUT2D eigenvalue weighted by atomic mass is 16.3. The lowest BCUT2D eigenvalue weighted by molar-refractivity contribution is 0.460. The number of rotatable bonds is 2.